The number of para-hydroxylation sites is 1. The Kier molecular flexibility index (Phi) is 3.85. The van der Waals surface area contributed by atoms with Gasteiger partial charge in [-0.25, -0.2) is 4.68 Å². The van der Waals surface area contributed by atoms with Gasteiger partial charge in [0.25, 0.3) is 0 Å². The number of halogens is 1. The van der Waals surface area contributed by atoms with E-state index in [2.05, 4.69) is 29.4 Å². The minimum atomic E-state index is 0.317. The highest BCUT2D eigenvalue weighted by atomic mass is 35.5. The molecule has 1 aliphatic carbocycles. The highest BCUT2D eigenvalue weighted by molar-refractivity contribution is 6.33. The van der Waals surface area contributed by atoms with Crippen molar-refractivity contribution in [1.29, 1.82) is 0 Å². The van der Waals surface area contributed by atoms with Crippen molar-refractivity contribution in [3.05, 3.63) is 23.2 Å². The van der Waals surface area contributed by atoms with Gasteiger partial charge in [-0.1, -0.05) is 44.4 Å². The number of anilines is 1. The van der Waals surface area contributed by atoms with Crippen molar-refractivity contribution in [2.45, 2.75) is 39.2 Å². The molecule has 3 rings (SSSR count). The second kappa shape index (κ2) is 5.64. The molecule has 0 spiro atoms. The zero-order chi connectivity index (χ0) is 15.0. The molecule has 0 aliphatic heterocycles. The minimum absolute atomic E-state index is 0.317. The number of nitrogens with zero attached hydrogens (tertiary/aromatic N) is 4. The molecule has 0 radical (unpaired) electrons. The molecule has 3 atom stereocenters. The number of hydrogen-bond donors (Lipinski definition) is 1. The molecule has 1 aromatic carbocycles. The first-order valence-electron chi connectivity index (χ1n) is 7.41. The predicted molar refractivity (Wildman–Crippen MR) is 83.9 cm³/mol. The van der Waals surface area contributed by atoms with Crippen LogP contribution in [0.3, 0.4) is 0 Å². The molecule has 1 aliphatic rings. The van der Waals surface area contributed by atoms with Gasteiger partial charge in [0.05, 0.1) is 16.8 Å². The summed E-state index contributed by atoms with van der Waals surface area (Å²) in [5, 5.41) is 12.8. The summed E-state index contributed by atoms with van der Waals surface area (Å²) in [5.74, 6) is 1.93. The minimum Gasteiger partial charge on any atom is -0.397 e. The van der Waals surface area contributed by atoms with Gasteiger partial charge in [-0.05, 0) is 40.8 Å². The average Bonchev–Trinajstić information content (AvgIpc) is 2.94. The summed E-state index contributed by atoms with van der Waals surface area (Å²) >= 11 is 6.12. The number of aromatic nitrogens is 4. The van der Waals surface area contributed by atoms with E-state index in [1.165, 1.54) is 12.8 Å². The fourth-order valence-electron chi connectivity index (χ4n) is 3.23. The molecule has 1 saturated carbocycles. The normalized spacial score (nSPS) is 26.0. The third-order valence-corrected chi connectivity index (χ3v) is 5.09. The lowest BCUT2D eigenvalue weighted by Gasteiger charge is -2.34. The molecular formula is C15H20ClN5. The molecule has 112 valence electrons. The van der Waals surface area contributed by atoms with E-state index in [0.29, 0.717) is 34.4 Å². The van der Waals surface area contributed by atoms with E-state index >= 15 is 0 Å². The van der Waals surface area contributed by atoms with Gasteiger partial charge in [-0.15, -0.1) is 5.10 Å². The highest BCUT2D eigenvalue weighted by Crippen LogP contribution is 2.39. The standard InChI is InChI=1S/C15H20ClN5/c1-9-5-3-8-13(10(9)2)21-15(18-19-20-21)11-6-4-7-12(16)14(11)17/h4,6-7,9-10,13H,3,5,8,17H2,1-2H3. The quantitative estimate of drug-likeness (QED) is 0.861. The summed E-state index contributed by atoms with van der Waals surface area (Å²) in [5.41, 5.74) is 7.43. The van der Waals surface area contributed by atoms with Crippen molar-refractivity contribution < 1.29 is 0 Å². The molecule has 1 heterocycles. The average molecular weight is 306 g/mol. The smallest absolute Gasteiger partial charge is 0.184 e. The zero-order valence-corrected chi connectivity index (χ0v) is 13.1. The maximum Gasteiger partial charge on any atom is 0.184 e. The Morgan fingerprint density at radius 2 is 2.10 bits per heavy atom. The third-order valence-electron chi connectivity index (χ3n) is 4.76. The first kappa shape index (κ1) is 14.3. The third kappa shape index (κ3) is 2.50. The first-order valence-corrected chi connectivity index (χ1v) is 7.79. The van der Waals surface area contributed by atoms with Crippen molar-refractivity contribution in [1.82, 2.24) is 20.2 Å². The topological polar surface area (TPSA) is 69.6 Å². The Balaban J connectivity index is 2.03. The van der Waals surface area contributed by atoms with Crippen molar-refractivity contribution in [3.63, 3.8) is 0 Å². The van der Waals surface area contributed by atoms with Crippen molar-refractivity contribution in [2.75, 3.05) is 5.73 Å². The largest absolute Gasteiger partial charge is 0.397 e. The van der Waals surface area contributed by atoms with Crippen molar-refractivity contribution in [2.24, 2.45) is 11.8 Å². The monoisotopic (exact) mass is 305 g/mol. The fraction of sp³-hybridized carbons (Fsp3) is 0.533. The maximum atomic E-state index is 6.12. The van der Waals surface area contributed by atoms with E-state index in [1.807, 2.05) is 16.8 Å². The Bertz CT molecular complexity index is 639. The van der Waals surface area contributed by atoms with Crippen LogP contribution in [-0.4, -0.2) is 20.2 Å². The number of benzene rings is 1. The fourth-order valence-corrected chi connectivity index (χ4v) is 3.40. The first-order chi connectivity index (χ1) is 10.1. The number of nitrogen functional groups attached to an aromatic ring is 1. The number of hydrogen-bond acceptors (Lipinski definition) is 4. The second-order valence-corrected chi connectivity index (χ2v) is 6.39. The molecule has 1 aromatic heterocycles. The lowest BCUT2D eigenvalue weighted by molar-refractivity contribution is 0.174. The summed E-state index contributed by atoms with van der Waals surface area (Å²) in [6, 6.07) is 5.89. The number of nitrogens with two attached hydrogens (primary N) is 1. The number of tetrazole rings is 1. The Morgan fingerprint density at radius 3 is 2.90 bits per heavy atom. The van der Waals surface area contributed by atoms with Crippen LogP contribution in [0.4, 0.5) is 5.69 Å². The molecule has 1 fully saturated rings. The highest BCUT2D eigenvalue weighted by Gasteiger charge is 2.31. The van der Waals surface area contributed by atoms with E-state index in [-0.39, 0.29) is 0 Å². The van der Waals surface area contributed by atoms with Gasteiger partial charge in [-0.2, -0.15) is 0 Å². The van der Waals surface area contributed by atoms with Crippen LogP contribution in [0.1, 0.15) is 39.2 Å². The summed E-state index contributed by atoms with van der Waals surface area (Å²) < 4.78 is 1.93. The molecule has 0 amide bonds. The second-order valence-electron chi connectivity index (χ2n) is 5.98. The maximum absolute atomic E-state index is 6.12. The van der Waals surface area contributed by atoms with Gasteiger partial charge < -0.3 is 5.73 Å². The lowest BCUT2D eigenvalue weighted by atomic mass is 9.78. The van der Waals surface area contributed by atoms with Crippen LogP contribution in [0, 0.1) is 11.8 Å². The Hall–Kier alpha value is -1.62. The van der Waals surface area contributed by atoms with Gasteiger partial charge in [0.1, 0.15) is 0 Å². The molecule has 2 N–H and O–H groups in total. The zero-order valence-electron chi connectivity index (χ0n) is 12.3. The van der Waals surface area contributed by atoms with E-state index in [1.54, 1.807) is 6.07 Å². The van der Waals surface area contributed by atoms with Crippen LogP contribution in [0.25, 0.3) is 11.4 Å². The van der Waals surface area contributed by atoms with Crippen molar-refractivity contribution >= 4 is 17.3 Å². The van der Waals surface area contributed by atoms with Gasteiger partial charge >= 0.3 is 0 Å². The summed E-state index contributed by atoms with van der Waals surface area (Å²) in [6.45, 7) is 4.58. The summed E-state index contributed by atoms with van der Waals surface area (Å²) in [6.07, 6.45) is 3.58. The van der Waals surface area contributed by atoms with E-state index in [4.69, 9.17) is 17.3 Å². The molecule has 3 unspecified atom stereocenters. The van der Waals surface area contributed by atoms with Crippen LogP contribution in [-0.2, 0) is 0 Å². The molecule has 0 saturated heterocycles. The molecule has 0 bridgehead atoms. The van der Waals surface area contributed by atoms with Gasteiger partial charge in [-0.3, -0.25) is 0 Å². The molecular weight excluding hydrogens is 286 g/mol. The molecule has 2 aromatic rings. The molecule has 6 heteroatoms. The van der Waals surface area contributed by atoms with Gasteiger partial charge in [0.15, 0.2) is 5.82 Å². The summed E-state index contributed by atoms with van der Waals surface area (Å²) in [7, 11) is 0. The summed E-state index contributed by atoms with van der Waals surface area (Å²) in [4.78, 5) is 0. The van der Waals surface area contributed by atoms with Crippen molar-refractivity contribution in [3.8, 4) is 11.4 Å². The van der Waals surface area contributed by atoms with Gasteiger partial charge in [0.2, 0.25) is 0 Å². The number of rotatable bonds is 2. The van der Waals surface area contributed by atoms with Gasteiger partial charge in [0, 0.05) is 5.56 Å². The van der Waals surface area contributed by atoms with Crippen LogP contribution >= 0.6 is 11.6 Å². The Morgan fingerprint density at radius 1 is 1.29 bits per heavy atom. The van der Waals surface area contributed by atoms with Crippen LogP contribution < -0.4 is 5.73 Å². The lowest BCUT2D eigenvalue weighted by Crippen LogP contribution is -2.28. The predicted octanol–water partition coefficient (Wildman–Crippen LogP) is 3.57. The molecule has 5 nitrogen and oxygen atoms in total. The molecule has 21 heavy (non-hydrogen) atoms. The van der Waals surface area contributed by atoms with E-state index < -0.39 is 0 Å². The van der Waals surface area contributed by atoms with Crippen LogP contribution in [0.5, 0.6) is 0 Å². The van der Waals surface area contributed by atoms with Crippen LogP contribution in [0.15, 0.2) is 18.2 Å². The van der Waals surface area contributed by atoms with E-state index in [0.717, 1.165) is 12.0 Å². The SMILES string of the molecule is CC1CCCC(n2nnnc2-c2cccc(Cl)c2N)C1C. The van der Waals surface area contributed by atoms with E-state index in [9.17, 15) is 0 Å². The van der Waals surface area contributed by atoms with Crippen LogP contribution in [0.2, 0.25) is 5.02 Å². The Labute approximate surface area is 129 Å².